The molecule has 0 radical (unpaired) electrons. The molecule has 2 rings (SSSR count). The second-order valence-corrected chi connectivity index (χ2v) is 5.82. The molecule has 0 aliphatic rings. The average molecular weight is 312 g/mol. The summed E-state index contributed by atoms with van der Waals surface area (Å²) in [6, 6.07) is 6.98. The summed E-state index contributed by atoms with van der Waals surface area (Å²) in [6.07, 6.45) is 1.82. The maximum atomic E-state index is 12.2. The van der Waals surface area contributed by atoms with E-state index in [1.54, 1.807) is 24.3 Å². The van der Waals surface area contributed by atoms with Gasteiger partial charge in [-0.05, 0) is 24.3 Å². The minimum absolute atomic E-state index is 0.550. The van der Waals surface area contributed by atoms with Crippen LogP contribution in [0.3, 0.4) is 0 Å². The predicted molar refractivity (Wildman–Crippen MR) is 83.2 cm³/mol. The Morgan fingerprint density at radius 3 is 2.48 bits per heavy atom. The normalized spacial score (nSPS) is 11.0. The lowest BCUT2D eigenvalue weighted by atomic mass is 10.3. The summed E-state index contributed by atoms with van der Waals surface area (Å²) in [5.41, 5.74) is 1.94. The molecule has 0 fully saturated rings. The molecule has 21 heavy (non-hydrogen) atoms. The fraction of sp³-hybridized carbons (Fsp3) is 0.357. The van der Waals surface area contributed by atoms with Crippen LogP contribution in [0.1, 0.15) is 5.69 Å². The van der Waals surface area contributed by atoms with Crippen molar-refractivity contribution in [2.24, 2.45) is 7.05 Å². The first kappa shape index (κ1) is 15.6. The van der Waals surface area contributed by atoms with Gasteiger partial charge in [0.15, 0.2) is 0 Å². The molecule has 114 valence electrons. The Morgan fingerprint density at radius 1 is 1.29 bits per heavy atom. The van der Waals surface area contributed by atoms with Crippen LogP contribution in [0.15, 0.2) is 35.4 Å². The maximum Gasteiger partial charge on any atom is 0.288 e. The number of halogens is 2. The van der Waals surface area contributed by atoms with Gasteiger partial charge >= 0.3 is 0 Å². The highest BCUT2D eigenvalue weighted by Gasteiger charge is 2.08. The first-order chi connectivity index (χ1) is 9.97. The summed E-state index contributed by atoms with van der Waals surface area (Å²) in [7, 11) is 5.85. The third-order valence-electron chi connectivity index (χ3n) is 3.01. The molecule has 7 heteroatoms. The van der Waals surface area contributed by atoms with Gasteiger partial charge in [-0.15, -0.1) is 0 Å². The number of hydrogen-bond acceptors (Lipinski definition) is 4. The molecular formula is C14H18F2N4S. The van der Waals surface area contributed by atoms with E-state index < -0.39 is 5.76 Å². The third kappa shape index (κ3) is 4.10. The van der Waals surface area contributed by atoms with Crippen molar-refractivity contribution in [2.75, 3.05) is 24.3 Å². The van der Waals surface area contributed by atoms with Crippen molar-refractivity contribution in [3.8, 4) is 0 Å². The molecule has 1 N–H and O–H groups in total. The molecule has 0 atom stereocenters. The van der Waals surface area contributed by atoms with Gasteiger partial charge in [0.1, 0.15) is 0 Å². The number of anilines is 2. The standard InChI is InChI=1S/C14H18F2N4S/c1-19(2)14-18-9-11(20(14)3)8-17-10-4-6-12(7-5-10)21-13(15)16/h4-7,9,13,17H,8H2,1-3H3. The van der Waals surface area contributed by atoms with E-state index in [1.165, 1.54) is 0 Å². The highest BCUT2D eigenvalue weighted by Crippen LogP contribution is 2.26. The Bertz CT molecular complexity index is 581. The maximum absolute atomic E-state index is 12.2. The van der Waals surface area contributed by atoms with Crippen molar-refractivity contribution in [3.05, 3.63) is 36.2 Å². The van der Waals surface area contributed by atoms with Crippen molar-refractivity contribution < 1.29 is 8.78 Å². The molecule has 1 aromatic heterocycles. The molecule has 0 bridgehead atoms. The number of nitrogens with zero attached hydrogens (tertiary/aromatic N) is 3. The summed E-state index contributed by atoms with van der Waals surface area (Å²) >= 11 is 0.550. The molecule has 1 heterocycles. The average Bonchev–Trinajstić information content (AvgIpc) is 2.79. The number of rotatable bonds is 6. The van der Waals surface area contributed by atoms with Gasteiger partial charge in [-0.3, -0.25) is 0 Å². The number of thioether (sulfide) groups is 1. The fourth-order valence-electron chi connectivity index (χ4n) is 1.96. The van der Waals surface area contributed by atoms with E-state index in [1.807, 2.05) is 36.8 Å². The molecule has 0 spiro atoms. The summed E-state index contributed by atoms with van der Waals surface area (Å²) in [5.74, 6) is -1.50. The van der Waals surface area contributed by atoms with Crippen molar-refractivity contribution in [2.45, 2.75) is 17.2 Å². The van der Waals surface area contributed by atoms with Crippen LogP contribution in [0, 0.1) is 0 Å². The first-order valence-corrected chi connectivity index (χ1v) is 7.32. The Kier molecular flexibility index (Phi) is 5.06. The van der Waals surface area contributed by atoms with Crippen LogP contribution in [0.4, 0.5) is 20.4 Å². The molecule has 0 unspecified atom stereocenters. The molecular weight excluding hydrogens is 294 g/mol. The van der Waals surface area contributed by atoms with Crippen LogP contribution < -0.4 is 10.2 Å². The van der Waals surface area contributed by atoms with Crippen LogP contribution in [0.5, 0.6) is 0 Å². The zero-order valence-electron chi connectivity index (χ0n) is 12.2. The zero-order valence-corrected chi connectivity index (χ0v) is 13.0. The summed E-state index contributed by atoms with van der Waals surface area (Å²) in [5, 5.41) is 3.26. The SMILES string of the molecule is CN(C)c1ncc(CNc2ccc(SC(F)F)cc2)n1C. The van der Waals surface area contributed by atoms with Crippen molar-refractivity contribution >= 4 is 23.4 Å². The van der Waals surface area contributed by atoms with Crippen molar-refractivity contribution in [1.29, 1.82) is 0 Å². The highest BCUT2D eigenvalue weighted by atomic mass is 32.2. The van der Waals surface area contributed by atoms with Crippen LogP contribution in [-0.4, -0.2) is 29.4 Å². The summed E-state index contributed by atoms with van der Waals surface area (Å²) < 4.78 is 26.5. The fourth-order valence-corrected chi connectivity index (χ4v) is 2.46. The summed E-state index contributed by atoms with van der Waals surface area (Å²) in [6.45, 7) is 0.624. The second-order valence-electron chi connectivity index (χ2n) is 4.76. The Hall–Kier alpha value is -1.76. The molecule has 0 saturated carbocycles. The van der Waals surface area contributed by atoms with Gasteiger partial charge in [0, 0.05) is 31.7 Å². The van der Waals surface area contributed by atoms with Crippen LogP contribution in [0.2, 0.25) is 0 Å². The number of nitrogens with one attached hydrogen (secondary N) is 1. The van der Waals surface area contributed by atoms with Gasteiger partial charge in [0.05, 0.1) is 18.4 Å². The summed E-state index contributed by atoms with van der Waals surface area (Å²) in [4.78, 5) is 6.84. The Morgan fingerprint density at radius 2 is 1.95 bits per heavy atom. The van der Waals surface area contributed by atoms with Crippen molar-refractivity contribution in [3.63, 3.8) is 0 Å². The topological polar surface area (TPSA) is 33.1 Å². The largest absolute Gasteiger partial charge is 0.379 e. The minimum atomic E-state index is -2.39. The minimum Gasteiger partial charge on any atom is -0.379 e. The lowest BCUT2D eigenvalue weighted by Crippen LogP contribution is -2.15. The van der Waals surface area contributed by atoms with E-state index >= 15 is 0 Å². The highest BCUT2D eigenvalue weighted by molar-refractivity contribution is 7.99. The predicted octanol–water partition coefficient (Wildman–Crippen LogP) is 3.41. The molecule has 0 aliphatic heterocycles. The number of alkyl halides is 2. The quantitative estimate of drug-likeness (QED) is 0.829. The zero-order chi connectivity index (χ0) is 15.4. The van der Waals surface area contributed by atoms with E-state index in [4.69, 9.17) is 0 Å². The van der Waals surface area contributed by atoms with Crippen molar-refractivity contribution in [1.82, 2.24) is 9.55 Å². The van der Waals surface area contributed by atoms with Crippen LogP contribution >= 0.6 is 11.8 Å². The van der Waals surface area contributed by atoms with Gasteiger partial charge in [-0.2, -0.15) is 8.78 Å². The Labute approximate surface area is 127 Å². The van der Waals surface area contributed by atoms with Gasteiger partial charge in [-0.25, -0.2) is 4.98 Å². The van der Waals surface area contributed by atoms with E-state index in [0.717, 1.165) is 17.3 Å². The first-order valence-electron chi connectivity index (χ1n) is 6.44. The molecule has 0 amide bonds. The lowest BCUT2D eigenvalue weighted by molar-refractivity contribution is 0.252. The van der Waals surface area contributed by atoms with E-state index in [0.29, 0.717) is 23.2 Å². The van der Waals surface area contributed by atoms with Gasteiger partial charge in [0.25, 0.3) is 5.76 Å². The number of hydrogen-bond donors (Lipinski definition) is 1. The van der Waals surface area contributed by atoms with Crippen LogP contribution in [-0.2, 0) is 13.6 Å². The molecule has 0 saturated heterocycles. The molecule has 4 nitrogen and oxygen atoms in total. The smallest absolute Gasteiger partial charge is 0.288 e. The van der Waals surface area contributed by atoms with E-state index in [-0.39, 0.29) is 0 Å². The van der Waals surface area contributed by atoms with E-state index in [9.17, 15) is 8.78 Å². The monoisotopic (exact) mass is 312 g/mol. The van der Waals surface area contributed by atoms with E-state index in [2.05, 4.69) is 10.3 Å². The Balaban J connectivity index is 1.97. The number of benzene rings is 1. The molecule has 2 aromatic rings. The molecule has 0 aliphatic carbocycles. The number of aromatic nitrogens is 2. The number of imidazole rings is 1. The van der Waals surface area contributed by atoms with Gasteiger partial charge in [-0.1, -0.05) is 11.8 Å². The van der Waals surface area contributed by atoms with Gasteiger partial charge in [0.2, 0.25) is 5.95 Å². The molecule has 1 aromatic carbocycles. The lowest BCUT2D eigenvalue weighted by Gasteiger charge is -2.13. The van der Waals surface area contributed by atoms with Crippen LogP contribution in [0.25, 0.3) is 0 Å². The second kappa shape index (κ2) is 6.80. The van der Waals surface area contributed by atoms with Gasteiger partial charge < -0.3 is 14.8 Å². The third-order valence-corrected chi connectivity index (χ3v) is 3.74.